The zero-order chi connectivity index (χ0) is 13.2. The fraction of sp³-hybridized carbons (Fsp3) is 0.643. The van der Waals surface area contributed by atoms with Crippen LogP contribution in [0.25, 0.3) is 0 Å². The fourth-order valence-electron chi connectivity index (χ4n) is 2.74. The van der Waals surface area contributed by atoms with Crippen LogP contribution >= 0.6 is 11.3 Å². The summed E-state index contributed by atoms with van der Waals surface area (Å²) < 4.78 is 0. The Kier molecular flexibility index (Phi) is 4.07. The Labute approximate surface area is 112 Å². The van der Waals surface area contributed by atoms with Crippen molar-refractivity contribution in [2.24, 2.45) is 5.41 Å². The second-order valence-corrected chi connectivity index (χ2v) is 6.45. The highest BCUT2D eigenvalue weighted by molar-refractivity contribution is 7.10. The van der Waals surface area contributed by atoms with E-state index in [4.69, 9.17) is 0 Å². The molecule has 0 radical (unpaired) electrons. The minimum atomic E-state index is -0.666. The minimum absolute atomic E-state index is 0.609. The molecular formula is C14H21NO2S. The lowest BCUT2D eigenvalue weighted by Crippen LogP contribution is -2.43. The van der Waals surface area contributed by atoms with Gasteiger partial charge in [-0.1, -0.05) is 13.3 Å². The van der Waals surface area contributed by atoms with Crippen LogP contribution in [0.2, 0.25) is 0 Å². The molecule has 0 amide bonds. The second-order valence-electron chi connectivity index (χ2n) is 5.45. The first-order chi connectivity index (χ1) is 8.55. The van der Waals surface area contributed by atoms with Gasteiger partial charge >= 0.3 is 5.97 Å². The third-order valence-corrected chi connectivity index (χ3v) is 4.80. The Balaban J connectivity index is 2.03. The molecule has 0 bridgehead atoms. The smallest absolute Gasteiger partial charge is 0.310 e. The maximum atomic E-state index is 11.5. The van der Waals surface area contributed by atoms with Crippen LogP contribution in [0.15, 0.2) is 11.4 Å². The highest BCUT2D eigenvalue weighted by Gasteiger charge is 2.35. The molecule has 18 heavy (non-hydrogen) atoms. The lowest BCUT2D eigenvalue weighted by Gasteiger charge is -2.34. The molecule has 2 rings (SSSR count). The second kappa shape index (κ2) is 5.41. The molecule has 4 heteroatoms. The molecule has 0 spiro atoms. The van der Waals surface area contributed by atoms with Gasteiger partial charge in [0, 0.05) is 24.5 Å². The fourth-order valence-corrected chi connectivity index (χ4v) is 3.63. The van der Waals surface area contributed by atoms with Crippen LogP contribution in [0, 0.1) is 5.41 Å². The van der Waals surface area contributed by atoms with E-state index >= 15 is 0 Å². The third kappa shape index (κ3) is 2.75. The van der Waals surface area contributed by atoms with E-state index in [1.54, 1.807) is 0 Å². The van der Waals surface area contributed by atoms with Crippen molar-refractivity contribution in [3.63, 3.8) is 0 Å². The molecule has 0 aliphatic carbocycles. The standard InChI is InChI=1S/C14H21NO2S/c1-3-6-14(2,13(16)17)10-15-7-4-12-11(9-15)5-8-18-12/h5,8H,3-4,6-7,9-10H2,1-2H3,(H,16,17). The molecule has 1 aromatic heterocycles. The van der Waals surface area contributed by atoms with Gasteiger partial charge in [0.1, 0.15) is 0 Å². The number of rotatable bonds is 5. The van der Waals surface area contributed by atoms with Crippen LogP contribution in [0.3, 0.4) is 0 Å². The number of carboxylic acid groups (broad SMARTS) is 1. The molecule has 1 aliphatic rings. The molecule has 0 saturated heterocycles. The third-order valence-electron chi connectivity index (χ3n) is 3.78. The topological polar surface area (TPSA) is 40.5 Å². The van der Waals surface area contributed by atoms with Gasteiger partial charge in [-0.05, 0) is 36.8 Å². The number of aliphatic carboxylic acids is 1. The molecular weight excluding hydrogens is 246 g/mol. The van der Waals surface area contributed by atoms with Crippen molar-refractivity contribution in [1.29, 1.82) is 0 Å². The number of fused-ring (bicyclic) bond motifs is 1. The summed E-state index contributed by atoms with van der Waals surface area (Å²) in [5.74, 6) is -0.666. The first-order valence-electron chi connectivity index (χ1n) is 6.56. The van der Waals surface area contributed by atoms with E-state index in [1.807, 2.05) is 25.2 Å². The molecule has 1 aliphatic heterocycles. The Morgan fingerprint density at radius 3 is 3.06 bits per heavy atom. The molecule has 0 fully saturated rings. The predicted molar refractivity (Wildman–Crippen MR) is 74.0 cm³/mol. The van der Waals surface area contributed by atoms with Gasteiger partial charge in [0.05, 0.1) is 5.41 Å². The number of nitrogens with zero attached hydrogens (tertiary/aromatic N) is 1. The van der Waals surface area contributed by atoms with Crippen molar-refractivity contribution in [2.75, 3.05) is 13.1 Å². The molecule has 100 valence electrons. The van der Waals surface area contributed by atoms with Crippen molar-refractivity contribution in [1.82, 2.24) is 4.90 Å². The maximum Gasteiger partial charge on any atom is 0.310 e. The first kappa shape index (κ1) is 13.6. The monoisotopic (exact) mass is 267 g/mol. The molecule has 1 N–H and O–H groups in total. The lowest BCUT2D eigenvalue weighted by molar-refractivity contribution is -0.149. The minimum Gasteiger partial charge on any atom is -0.481 e. The van der Waals surface area contributed by atoms with Gasteiger partial charge in [0.2, 0.25) is 0 Å². The maximum absolute atomic E-state index is 11.5. The van der Waals surface area contributed by atoms with E-state index in [0.29, 0.717) is 6.54 Å². The van der Waals surface area contributed by atoms with Gasteiger partial charge in [-0.15, -0.1) is 11.3 Å². The van der Waals surface area contributed by atoms with Crippen molar-refractivity contribution in [2.45, 2.75) is 39.7 Å². The van der Waals surface area contributed by atoms with E-state index in [-0.39, 0.29) is 0 Å². The van der Waals surface area contributed by atoms with Crippen molar-refractivity contribution >= 4 is 17.3 Å². The highest BCUT2D eigenvalue weighted by Crippen LogP contribution is 2.29. The average molecular weight is 267 g/mol. The summed E-state index contributed by atoms with van der Waals surface area (Å²) in [4.78, 5) is 15.2. The van der Waals surface area contributed by atoms with E-state index in [2.05, 4.69) is 16.3 Å². The Bertz CT molecular complexity index is 429. The quantitative estimate of drug-likeness (QED) is 0.891. The average Bonchev–Trinajstić information content (AvgIpc) is 2.76. The Morgan fingerprint density at radius 1 is 1.61 bits per heavy atom. The molecule has 3 nitrogen and oxygen atoms in total. The Morgan fingerprint density at radius 2 is 2.39 bits per heavy atom. The summed E-state index contributed by atoms with van der Waals surface area (Å²) in [6.45, 7) is 6.48. The van der Waals surface area contributed by atoms with Gasteiger partial charge in [0.15, 0.2) is 0 Å². The summed E-state index contributed by atoms with van der Waals surface area (Å²) in [6, 6.07) is 2.17. The zero-order valence-corrected chi connectivity index (χ0v) is 11.9. The summed E-state index contributed by atoms with van der Waals surface area (Å²) in [5, 5.41) is 11.6. The summed E-state index contributed by atoms with van der Waals surface area (Å²) in [6.07, 6.45) is 2.73. The molecule has 0 saturated carbocycles. The van der Waals surface area contributed by atoms with Crippen molar-refractivity contribution < 1.29 is 9.90 Å². The molecule has 1 unspecified atom stereocenters. The molecule has 0 aromatic carbocycles. The van der Waals surface area contributed by atoms with Gasteiger partial charge in [-0.2, -0.15) is 0 Å². The molecule has 1 atom stereocenters. The SMILES string of the molecule is CCCC(C)(CN1CCc2sccc2C1)C(=O)O. The van der Waals surface area contributed by atoms with Crippen LogP contribution < -0.4 is 0 Å². The lowest BCUT2D eigenvalue weighted by atomic mass is 9.84. The van der Waals surface area contributed by atoms with Gasteiger partial charge in [-0.3, -0.25) is 9.69 Å². The van der Waals surface area contributed by atoms with Gasteiger partial charge in [0.25, 0.3) is 0 Å². The Hall–Kier alpha value is -0.870. The van der Waals surface area contributed by atoms with E-state index in [9.17, 15) is 9.90 Å². The van der Waals surface area contributed by atoms with Crippen LogP contribution in [-0.4, -0.2) is 29.1 Å². The van der Waals surface area contributed by atoms with E-state index in [1.165, 1.54) is 10.4 Å². The summed E-state index contributed by atoms with van der Waals surface area (Å²) in [7, 11) is 0. The van der Waals surface area contributed by atoms with E-state index in [0.717, 1.165) is 32.4 Å². The predicted octanol–water partition coefficient (Wildman–Crippen LogP) is 3.00. The largest absolute Gasteiger partial charge is 0.481 e. The highest BCUT2D eigenvalue weighted by atomic mass is 32.1. The van der Waals surface area contributed by atoms with Crippen molar-refractivity contribution in [3.05, 3.63) is 21.9 Å². The van der Waals surface area contributed by atoms with Crippen LogP contribution in [0.5, 0.6) is 0 Å². The normalized spacial score (nSPS) is 19.2. The molecule has 2 heterocycles. The number of carbonyl (C=O) groups is 1. The first-order valence-corrected chi connectivity index (χ1v) is 7.44. The summed E-state index contributed by atoms with van der Waals surface area (Å²) in [5.41, 5.74) is 0.776. The number of carboxylic acids is 1. The van der Waals surface area contributed by atoms with Crippen LogP contribution in [0.4, 0.5) is 0 Å². The van der Waals surface area contributed by atoms with Crippen LogP contribution in [0.1, 0.15) is 37.1 Å². The number of hydrogen-bond acceptors (Lipinski definition) is 3. The van der Waals surface area contributed by atoms with Crippen molar-refractivity contribution in [3.8, 4) is 0 Å². The number of hydrogen-bond donors (Lipinski definition) is 1. The zero-order valence-electron chi connectivity index (χ0n) is 11.1. The van der Waals surface area contributed by atoms with Gasteiger partial charge < -0.3 is 5.11 Å². The summed E-state index contributed by atoms with van der Waals surface area (Å²) >= 11 is 1.82. The number of thiophene rings is 1. The van der Waals surface area contributed by atoms with Gasteiger partial charge in [-0.25, -0.2) is 0 Å². The molecule has 1 aromatic rings. The van der Waals surface area contributed by atoms with Crippen LogP contribution in [-0.2, 0) is 17.8 Å². The van der Waals surface area contributed by atoms with E-state index < -0.39 is 11.4 Å².